The minimum Gasteiger partial charge on any atom is -0.480 e. The Morgan fingerprint density at radius 1 is 1.33 bits per heavy atom. The lowest BCUT2D eigenvalue weighted by Crippen LogP contribution is -2.45. The monoisotopic (exact) mass is 198 g/mol. The highest BCUT2D eigenvalue weighted by Crippen LogP contribution is 1.82. The molecule has 0 aliphatic rings. The Morgan fingerprint density at radius 3 is 2.00 bits per heavy atom. The molecule has 0 aromatic heterocycles. The summed E-state index contributed by atoms with van der Waals surface area (Å²) >= 11 is 0. The molecule has 6 nitrogen and oxygen atoms in total. The molecule has 7 heteroatoms. The van der Waals surface area contributed by atoms with Crippen molar-refractivity contribution in [2.24, 2.45) is 5.73 Å². The Kier molecular flexibility index (Phi) is 7.82. The molecule has 0 aromatic rings. The van der Waals surface area contributed by atoms with E-state index in [4.69, 9.17) is 15.9 Å². The average molecular weight is 199 g/mol. The van der Waals surface area contributed by atoms with E-state index in [1.165, 1.54) is 0 Å². The van der Waals surface area contributed by atoms with Gasteiger partial charge in [-0.3, -0.25) is 5.32 Å². The molecule has 5 N–H and O–H groups in total. The van der Waals surface area contributed by atoms with Gasteiger partial charge in [-0.1, -0.05) is 0 Å². The molecule has 0 aliphatic heterocycles. The minimum absolute atomic E-state index is 0. The lowest BCUT2D eigenvalue weighted by atomic mass is 10.3. The van der Waals surface area contributed by atoms with E-state index in [2.05, 4.69) is 5.32 Å². The van der Waals surface area contributed by atoms with E-state index in [-0.39, 0.29) is 25.5 Å². The number of nitrogens with two attached hydrogens (primary N) is 1. The molecule has 0 saturated heterocycles. The number of nitrogens with one attached hydrogen (secondary N) is 1. The van der Waals surface area contributed by atoms with Crippen molar-refractivity contribution in [3.63, 3.8) is 0 Å². The van der Waals surface area contributed by atoms with Gasteiger partial charge in [0.1, 0.15) is 0 Å². The van der Waals surface area contributed by atoms with Crippen LogP contribution in [0.25, 0.3) is 0 Å². The van der Waals surface area contributed by atoms with Crippen LogP contribution < -0.4 is 11.1 Å². The number of hydrogen-bond acceptors (Lipinski definition) is 4. The fourth-order valence-electron chi connectivity index (χ4n) is 0.508. The molecule has 0 rings (SSSR count). The summed E-state index contributed by atoms with van der Waals surface area (Å²) in [6, 6.07) is -1.56. The van der Waals surface area contributed by atoms with Gasteiger partial charge in [0.05, 0.1) is 0 Å². The van der Waals surface area contributed by atoms with E-state index in [0.717, 1.165) is 0 Å². The largest absolute Gasteiger partial charge is 0.480 e. The van der Waals surface area contributed by atoms with Crippen LogP contribution in [0.3, 0.4) is 0 Å². The van der Waals surface area contributed by atoms with Gasteiger partial charge in [-0.15, -0.1) is 12.4 Å². The average Bonchev–Trinajstić information content (AvgIpc) is 1.87. The summed E-state index contributed by atoms with van der Waals surface area (Å²) in [7, 11) is 0. The predicted octanol–water partition coefficient (Wildman–Crippen LogP) is -1.51. The third-order valence-corrected chi connectivity index (χ3v) is 0.987. The van der Waals surface area contributed by atoms with Crippen LogP contribution in [0.4, 0.5) is 0 Å². The summed E-state index contributed by atoms with van der Waals surface area (Å²) in [4.78, 5) is 20.3. The van der Waals surface area contributed by atoms with Crippen LogP contribution in [0.15, 0.2) is 0 Å². The fraction of sp³-hybridized carbons (Fsp3) is 0.600. The molecule has 0 heterocycles. The van der Waals surface area contributed by atoms with Crippen molar-refractivity contribution >= 4 is 24.3 Å². The molecule has 0 bridgehead atoms. The maximum Gasteiger partial charge on any atom is 0.332 e. The second-order valence-corrected chi connectivity index (χ2v) is 1.85. The predicted molar refractivity (Wildman–Crippen MR) is 43.4 cm³/mol. The Balaban J connectivity index is 0. The van der Waals surface area contributed by atoms with E-state index in [1.807, 2.05) is 0 Å². The van der Waals surface area contributed by atoms with Crippen molar-refractivity contribution in [3.05, 3.63) is 0 Å². The van der Waals surface area contributed by atoms with E-state index in [0.29, 0.717) is 0 Å². The van der Waals surface area contributed by atoms with E-state index >= 15 is 0 Å². The molecule has 0 spiro atoms. The zero-order valence-corrected chi connectivity index (χ0v) is 7.00. The van der Waals surface area contributed by atoms with Crippen LogP contribution in [-0.4, -0.2) is 41.3 Å². The maximum atomic E-state index is 10.2. The second-order valence-electron chi connectivity index (χ2n) is 1.85. The van der Waals surface area contributed by atoms with Gasteiger partial charge in [0.25, 0.3) is 0 Å². The first kappa shape index (κ1) is 13.7. The number of halogens is 1. The van der Waals surface area contributed by atoms with Gasteiger partial charge in [0.2, 0.25) is 6.04 Å². The second kappa shape index (κ2) is 6.84. The Labute approximate surface area is 75.2 Å². The van der Waals surface area contributed by atoms with Gasteiger partial charge in [-0.05, 0) is 0 Å². The SMILES string of the molecule is Cl.NCCNC(C(=O)O)C(=O)O. The van der Waals surface area contributed by atoms with Crippen molar-refractivity contribution in [2.75, 3.05) is 13.1 Å². The first-order valence-corrected chi connectivity index (χ1v) is 2.98. The van der Waals surface area contributed by atoms with Gasteiger partial charge in [-0.2, -0.15) is 0 Å². The topological polar surface area (TPSA) is 113 Å². The molecule has 0 atom stereocenters. The summed E-state index contributed by atoms with van der Waals surface area (Å²) in [6.07, 6.45) is 0. The number of carboxylic acids is 2. The highest BCUT2D eigenvalue weighted by atomic mass is 35.5. The first-order chi connectivity index (χ1) is 5.09. The van der Waals surface area contributed by atoms with Crippen molar-refractivity contribution in [3.8, 4) is 0 Å². The summed E-state index contributed by atoms with van der Waals surface area (Å²) < 4.78 is 0. The van der Waals surface area contributed by atoms with Gasteiger partial charge in [0, 0.05) is 13.1 Å². The molecule has 72 valence electrons. The maximum absolute atomic E-state index is 10.2. The van der Waals surface area contributed by atoms with Gasteiger partial charge >= 0.3 is 11.9 Å². The summed E-state index contributed by atoms with van der Waals surface area (Å²) in [5.74, 6) is -2.82. The van der Waals surface area contributed by atoms with E-state index in [9.17, 15) is 9.59 Å². The molecule has 0 unspecified atom stereocenters. The van der Waals surface area contributed by atoms with Crippen molar-refractivity contribution in [2.45, 2.75) is 6.04 Å². The number of carbonyl (C=O) groups is 2. The first-order valence-electron chi connectivity index (χ1n) is 2.98. The zero-order valence-electron chi connectivity index (χ0n) is 6.19. The zero-order chi connectivity index (χ0) is 8.85. The molecule has 12 heavy (non-hydrogen) atoms. The van der Waals surface area contributed by atoms with E-state index in [1.54, 1.807) is 0 Å². The number of carboxylic acid groups (broad SMARTS) is 2. The van der Waals surface area contributed by atoms with Crippen molar-refractivity contribution < 1.29 is 19.8 Å². The number of aliphatic carboxylic acids is 2. The highest BCUT2D eigenvalue weighted by Gasteiger charge is 2.23. The molecule has 0 aliphatic carbocycles. The van der Waals surface area contributed by atoms with Crippen LogP contribution in [0.5, 0.6) is 0 Å². The summed E-state index contributed by atoms with van der Waals surface area (Å²) in [5.41, 5.74) is 5.03. The normalized spacial score (nSPS) is 9.17. The lowest BCUT2D eigenvalue weighted by molar-refractivity contribution is -0.150. The quantitative estimate of drug-likeness (QED) is 0.400. The number of rotatable bonds is 5. The standard InChI is InChI=1S/C5H10N2O4.ClH/c6-1-2-7-3(4(8)9)5(10)11;/h3,7H,1-2,6H2,(H,8,9)(H,10,11);1H. The van der Waals surface area contributed by atoms with Crippen LogP contribution in [0.2, 0.25) is 0 Å². The molecule has 0 saturated carbocycles. The van der Waals surface area contributed by atoms with Gasteiger partial charge in [-0.25, -0.2) is 9.59 Å². The van der Waals surface area contributed by atoms with Crippen LogP contribution in [0.1, 0.15) is 0 Å². The van der Waals surface area contributed by atoms with Crippen LogP contribution >= 0.6 is 12.4 Å². The Bertz CT molecular complexity index is 150. The summed E-state index contributed by atoms with van der Waals surface area (Å²) in [6.45, 7) is 0.375. The molecular weight excluding hydrogens is 188 g/mol. The molecular formula is C5H11ClN2O4. The molecule has 0 aromatic carbocycles. The summed E-state index contributed by atoms with van der Waals surface area (Å²) in [5, 5.41) is 18.8. The van der Waals surface area contributed by atoms with Crippen molar-refractivity contribution in [1.29, 1.82) is 0 Å². The molecule has 0 amide bonds. The van der Waals surface area contributed by atoms with Gasteiger partial charge in [0.15, 0.2) is 0 Å². The number of hydrogen-bond donors (Lipinski definition) is 4. The highest BCUT2D eigenvalue weighted by molar-refractivity contribution is 5.97. The molecule has 0 fully saturated rings. The van der Waals surface area contributed by atoms with Crippen LogP contribution in [-0.2, 0) is 9.59 Å². The van der Waals surface area contributed by atoms with E-state index < -0.39 is 18.0 Å². The van der Waals surface area contributed by atoms with Gasteiger partial charge < -0.3 is 15.9 Å². The minimum atomic E-state index is -1.56. The van der Waals surface area contributed by atoms with Crippen LogP contribution in [0, 0.1) is 0 Å². The Hall–Kier alpha value is -0.850. The lowest BCUT2D eigenvalue weighted by Gasteiger charge is -2.07. The third-order valence-electron chi connectivity index (χ3n) is 0.987. The Morgan fingerprint density at radius 2 is 1.75 bits per heavy atom. The smallest absolute Gasteiger partial charge is 0.332 e. The molecule has 0 radical (unpaired) electrons. The fourth-order valence-corrected chi connectivity index (χ4v) is 0.508. The van der Waals surface area contributed by atoms with Crippen molar-refractivity contribution in [1.82, 2.24) is 5.32 Å². The third kappa shape index (κ3) is 4.89.